The number of fused-ring (bicyclic) bond motifs is 1. The molecule has 1 heterocycles. The fourth-order valence-electron chi connectivity index (χ4n) is 3.14. The molecule has 148 valence electrons. The van der Waals surface area contributed by atoms with Gasteiger partial charge in [-0.3, -0.25) is 20.4 Å². The minimum atomic E-state index is -0.576. The van der Waals surface area contributed by atoms with E-state index in [1.54, 1.807) is 18.2 Å². The average Bonchev–Trinajstić information content (AvgIpc) is 2.77. The highest BCUT2D eigenvalue weighted by atomic mass is 32.2. The molecule has 4 rings (SSSR count). The van der Waals surface area contributed by atoms with E-state index in [-0.39, 0.29) is 11.3 Å². The summed E-state index contributed by atoms with van der Waals surface area (Å²) in [5, 5.41) is 11.8. The summed E-state index contributed by atoms with van der Waals surface area (Å²) in [6.07, 6.45) is 1.23. The molecule has 3 N–H and O–H groups in total. The minimum Gasteiger partial charge on any atom is -0.507 e. The molecule has 1 aliphatic rings. The predicted molar refractivity (Wildman–Crippen MR) is 119 cm³/mol. The summed E-state index contributed by atoms with van der Waals surface area (Å²) >= 11 is 3.85. The largest absolute Gasteiger partial charge is 0.507 e. The van der Waals surface area contributed by atoms with Crippen molar-refractivity contribution in [2.45, 2.75) is 11.0 Å². The normalized spacial score (nSPS) is 14.5. The maximum absolute atomic E-state index is 12.4. The van der Waals surface area contributed by atoms with Crippen LogP contribution in [0.2, 0.25) is 0 Å². The number of hydrazine groups is 1. The van der Waals surface area contributed by atoms with Gasteiger partial charge >= 0.3 is 0 Å². The lowest BCUT2D eigenvalue weighted by Gasteiger charge is -2.21. The van der Waals surface area contributed by atoms with Crippen molar-refractivity contribution in [3.05, 3.63) is 77.4 Å². The van der Waals surface area contributed by atoms with Crippen molar-refractivity contribution in [1.82, 2.24) is 10.9 Å². The third kappa shape index (κ3) is 4.52. The molecular weight excluding hydrogens is 404 g/mol. The van der Waals surface area contributed by atoms with Crippen LogP contribution in [-0.2, 0) is 0 Å². The number of hydrogen-bond acceptors (Lipinski definition) is 5. The van der Waals surface area contributed by atoms with E-state index in [0.717, 1.165) is 22.3 Å². The maximum Gasteiger partial charge on any atom is 0.273 e. The molecule has 5 nitrogen and oxygen atoms in total. The fourth-order valence-corrected chi connectivity index (χ4v) is 6.03. The van der Waals surface area contributed by atoms with E-state index in [1.807, 2.05) is 59.9 Å². The lowest BCUT2D eigenvalue weighted by Crippen LogP contribution is -2.41. The zero-order valence-corrected chi connectivity index (χ0v) is 17.2. The Morgan fingerprint density at radius 2 is 1.48 bits per heavy atom. The molecule has 3 aromatic carbocycles. The Balaban J connectivity index is 1.40. The Hall–Kier alpha value is -2.64. The molecule has 0 unspecified atom stereocenters. The number of aromatic hydroxyl groups is 1. The van der Waals surface area contributed by atoms with Crippen LogP contribution in [0.4, 0.5) is 0 Å². The fraction of sp³-hybridized carbons (Fsp3) is 0.182. The molecule has 0 bridgehead atoms. The second-order valence-corrected chi connectivity index (χ2v) is 9.40. The van der Waals surface area contributed by atoms with E-state index in [9.17, 15) is 14.7 Å². The molecule has 0 radical (unpaired) electrons. The number of carbonyl (C=O) groups excluding carboxylic acids is 2. The van der Waals surface area contributed by atoms with Crippen molar-refractivity contribution in [1.29, 1.82) is 0 Å². The molecular formula is C22H20N2O3S2. The Morgan fingerprint density at radius 1 is 0.862 bits per heavy atom. The van der Waals surface area contributed by atoms with E-state index >= 15 is 0 Å². The lowest BCUT2D eigenvalue weighted by molar-refractivity contribution is 0.0845. The van der Waals surface area contributed by atoms with Gasteiger partial charge in [0.25, 0.3) is 11.8 Å². The second-order valence-electron chi connectivity index (χ2n) is 6.67. The van der Waals surface area contributed by atoms with Gasteiger partial charge in [-0.05, 0) is 58.5 Å². The summed E-state index contributed by atoms with van der Waals surface area (Å²) in [6, 6.07) is 18.0. The van der Waals surface area contributed by atoms with Gasteiger partial charge in [0.1, 0.15) is 5.75 Å². The van der Waals surface area contributed by atoms with E-state index in [1.165, 1.54) is 18.1 Å². The molecule has 0 aromatic heterocycles. The summed E-state index contributed by atoms with van der Waals surface area (Å²) in [5.41, 5.74) is 6.54. The Bertz CT molecular complexity index is 1050. The number of hydrogen-bond donors (Lipinski definition) is 3. The van der Waals surface area contributed by atoms with Gasteiger partial charge in [0, 0.05) is 5.56 Å². The van der Waals surface area contributed by atoms with Crippen molar-refractivity contribution in [2.75, 3.05) is 11.5 Å². The van der Waals surface area contributed by atoms with Gasteiger partial charge in [0.15, 0.2) is 0 Å². The van der Waals surface area contributed by atoms with Gasteiger partial charge in [-0.2, -0.15) is 0 Å². The SMILES string of the molecule is O=C(NNC(=O)c1cc2ccccc2cc1O)c1ccc(C2SCCCS2)cc1. The van der Waals surface area contributed by atoms with Crippen LogP contribution in [0.1, 0.15) is 37.3 Å². The third-order valence-corrected chi connectivity index (χ3v) is 7.69. The van der Waals surface area contributed by atoms with Gasteiger partial charge in [0.05, 0.1) is 10.1 Å². The van der Waals surface area contributed by atoms with E-state index in [0.29, 0.717) is 10.1 Å². The number of phenols is 1. The van der Waals surface area contributed by atoms with Gasteiger partial charge < -0.3 is 5.11 Å². The smallest absolute Gasteiger partial charge is 0.273 e. The molecule has 0 spiro atoms. The second kappa shape index (κ2) is 8.80. The first-order valence-electron chi connectivity index (χ1n) is 9.27. The summed E-state index contributed by atoms with van der Waals surface area (Å²) in [5.74, 6) is 1.20. The predicted octanol–water partition coefficient (Wildman–Crippen LogP) is 4.49. The molecule has 3 aromatic rings. The van der Waals surface area contributed by atoms with Crippen molar-refractivity contribution in [2.24, 2.45) is 0 Å². The van der Waals surface area contributed by atoms with Gasteiger partial charge in [-0.25, -0.2) is 0 Å². The van der Waals surface area contributed by atoms with Gasteiger partial charge in [-0.15, -0.1) is 23.5 Å². The molecule has 29 heavy (non-hydrogen) atoms. The van der Waals surface area contributed by atoms with Crippen LogP contribution >= 0.6 is 23.5 Å². The summed E-state index contributed by atoms with van der Waals surface area (Å²) in [6.45, 7) is 0. The number of carbonyl (C=O) groups is 2. The van der Waals surface area contributed by atoms with Crippen molar-refractivity contribution in [3.8, 4) is 5.75 Å². The maximum atomic E-state index is 12.4. The third-order valence-electron chi connectivity index (χ3n) is 4.67. The number of nitrogens with one attached hydrogen (secondary N) is 2. The first kappa shape index (κ1) is 19.7. The number of amides is 2. The van der Waals surface area contributed by atoms with E-state index < -0.39 is 11.8 Å². The Morgan fingerprint density at radius 3 is 2.17 bits per heavy atom. The summed E-state index contributed by atoms with van der Waals surface area (Å²) < 4.78 is 0.413. The van der Waals surface area contributed by atoms with Crippen LogP contribution in [0.15, 0.2) is 60.7 Å². The van der Waals surface area contributed by atoms with Crippen LogP contribution in [-0.4, -0.2) is 28.4 Å². The number of thioether (sulfide) groups is 2. The molecule has 2 amide bonds. The minimum absolute atomic E-state index is 0.102. The van der Waals surface area contributed by atoms with Crippen LogP contribution in [0.25, 0.3) is 10.8 Å². The zero-order valence-electron chi connectivity index (χ0n) is 15.6. The first-order chi connectivity index (χ1) is 14.1. The highest BCUT2D eigenvalue weighted by molar-refractivity contribution is 8.16. The molecule has 7 heteroatoms. The van der Waals surface area contributed by atoms with E-state index in [4.69, 9.17) is 0 Å². The van der Waals surface area contributed by atoms with Crippen LogP contribution < -0.4 is 10.9 Å². The summed E-state index contributed by atoms with van der Waals surface area (Å²) in [4.78, 5) is 24.8. The number of benzene rings is 3. The molecule has 1 fully saturated rings. The Kier molecular flexibility index (Phi) is 5.97. The standard InChI is InChI=1S/C22H20N2O3S2/c25-19-13-17-5-2-1-4-16(17)12-18(19)21(27)24-23-20(26)14-6-8-15(9-7-14)22-28-10-3-11-29-22/h1-2,4-9,12-13,22,25H,3,10-11H2,(H,23,26)(H,24,27). The molecule has 0 saturated carbocycles. The van der Waals surface area contributed by atoms with Crippen LogP contribution in [0, 0.1) is 0 Å². The topological polar surface area (TPSA) is 78.4 Å². The molecule has 1 aliphatic heterocycles. The van der Waals surface area contributed by atoms with Gasteiger partial charge in [0.2, 0.25) is 0 Å². The Labute approximate surface area is 177 Å². The quantitative estimate of drug-likeness (QED) is 0.540. The first-order valence-corrected chi connectivity index (χ1v) is 11.4. The monoisotopic (exact) mass is 424 g/mol. The highest BCUT2D eigenvalue weighted by Crippen LogP contribution is 2.43. The number of rotatable bonds is 3. The van der Waals surface area contributed by atoms with Crippen LogP contribution in [0.3, 0.4) is 0 Å². The van der Waals surface area contributed by atoms with Crippen LogP contribution in [0.5, 0.6) is 5.75 Å². The molecule has 0 atom stereocenters. The van der Waals surface area contributed by atoms with Crippen molar-refractivity contribution < 1.29 is 14.7 Å². The number of phenolic OH excluding ortho intramolecular Hbond substituents is 1. The van der Waals surface area contributed by atoms with Crippen molar-refractivity contribution >= 4 is 46.1 Å². The van der Waals surface area contributed by atoms with E-state index in [2.05, 4.69) is 10.9 Å². The lowest BCUT2D eigenvalue weighted by atomic mass is 10.1. The highest BCUT2D eigenvalue weighted by Gasteiger charge is 2.17. The van der Waals surface area contributed by atoms with Gasteiger partial charge in [-0.1, -0.05) is 36.4 Å². The molecule has 0 aliphatic carbocycles. The summed E-state index contributed by atoms with van der Waals surface area (Å²) in [7, 11) is 0. The van der Waals surface area contributed by atoms with Crippen molar-refractivity contribution in [3.63, 3.8) is 0 Å². The molecule has 1 saturated heterocycles. The zero-order chi connectivity index (χ0) is 20.2. The average molecular weight is 425 g/mol.